The third-order valence-electron chi connectivity index (χ3n) is 4.75. The standard InChI is InChI=1S/C24H22N4O3/c1-28(17-12-14-18(30-2)15-13-17)23-20-10-6-7-11-21(20)26-22(27-23)16-25-24(29)31-19-8-4-3-5-9-19/h3-15H,16H2,1-2H3,(H,25,29). The number of benzene rings is 3. The van der Waals surface area contributed by atoms with E-state index in [4.69, 9.17) is 14.5 Å². The van der Waals surface area contributed by atoms with Crippen molar-refractivity contribution in [3.63, 3.8) is 0 Å². The van der Waals surface area contributed by atoms with Gasteiger partial charge >= 0.3 is 6.09 Å². The molecule has 0 aliphatic rings. The molecule has 0 atom stereocenters. The molecular formula is C24H22N4O3. The molecule has 1 N–H and O–H groups in total. The molecule has 0 radical (unpaired) electrons. The van der Waals surface area contributed by atoms with Gasteiger partial charge in [0.25, 0.3) is 0 Å². The SMILES string of the molecule is COc1ccc(N(C)c2nc(CNC(=O)Oc3ccccc3)nc3ccccc23)cc1. The number of para-hydroxylation sites is 2. The molecule has 0 aliphatic heterocycles. The van der Waals surface area contributed by atoms with Crippen LogP contribution in [0.1, 0.15) is 5.82 Å². The molecule has 1 amide bonds. The number of ether oxygens (including phenoxy) is 2. The summed E-state index contributed by atoms with van der Waals surface area (Å²) >= 11 is 0. The van der Waals surface area contributed by atoms with Gasteiger partial charge in [-0.1, -0.05) is 30.3 Å². The van der Waals surface area contributed by atoms with Crippen molar-refractivity contribution in [1.82, 2.24) is 15.3 Å². The van der Waals surface area contributed by atoms with E-state index in [0.29, 0.717) is 11.6 Å². The van der Waals surface area contributed by atoms with Gasteiger partial charge in [-0.05, 0) is 48.5 Å². The van der Waals surface area contributed by atoms with E-state index in [1.54, 1.807) is 31.4 Å². The van der Waals surface area contributed by atoms with Crippen LogP contribution < -0.4 is 19.7 Å². The Labute approximate surface area is 180 Å². The van der Waals surface area contributed by atoms with E-state index in [1.807, 2.05) is 66.5 Å². The van der Waals surface area contributed by atoms with Crippen LogP contribution in [0.2, 0.25) is 0 Å². The highest BCUT2D eigenvalue weighted by atomic mass is 16.6. The lowest BCUT2D eigenvalue weighted by atomic mass is 10.2. The van der Waals surface area contributed by atoms with Crippen LogP contribution in [0.3, 0.4) is 0 Å². The first-order chi connectivity index (χ1) is 15.1. The molecule has 0 fully saturated rings. The number of fused-ring (bicyclic) bond motifs is 1. The number of amides is 1. The van der Waals surface area contributed by atoms with Crippen molar-refractivity contribution in [1.29, 1.82) is 0 Å². The number of hydrogen-bond donors (Lipinski definition) is 1. The van der Waals surface area contributed by atoms with Crippen molar-refractivity contribution in [3.05, 3.63) is 84.7 Å². The second-order valence-electron chi connectivity index (χ2n) is 6.79. The van der Waals surface area contributed by atoms with Crippen LogP contribution >= 0.6 is 0 Å². The monoisotopic (exact) mass is 414 g/mol. The van der Waals surface area contributed by atoms with Crippen LogP contribution in [0, 0.1) is 0 Å². The summed E-state index contributed by atoms with van der Waals surface area (Å²) in [5.74, 6) is 2.48. The number of rotatable bonds is 6. The maximum Gasteiger partial charge on any atom is 0.412 e. The summed E-state index contributed by atoms with van der Waals surface area (Å²) < 4.78 is 10.5. The minimum absolute atomic E-state index is 0.139. The van der Waals surface area contributed by atoms with E-state index < -0.39 is 6.09 Å². The van der Waals surface area contributed by atoms with Crippen LogP contribution in [0.4, 0.5) is 16.3 Å². The average molecular weight is 414 g/mol. The molecule has 156 valence electrons. The number of anilines is 2. The Kier molecular flexibility index (Phi) is 5.93. The summed E-state index contributed by atoms with van der Waals surface area (Å²) in [6, 6.07) is 24.4. The first-order valence-corrected chi connectivity index (χ1v) is 9.78. The Morgan fingerprint density at radius 2 is 1.61 bits per heavy atom. The number of nitrogens with zero attached hydrogens (tertiary/aromatic N) is 3. The maximum atomic E-state index is 12.1. The van der Waals surface area contributed by atoms with Crippen molar-refractivity contribution in [2.75, 3.05) is 19.1 Å². The molecule has 0 saturated carbocycles. The number of methoxy groups -OCH3 is 1. The average Bonchev–Trinajstić information content (AvgIpc) is 2.82. The summed E-state index contributed by atoms with van der Waals surface area (Å²) in [7, 11) is 3.58. The van der Waals surface area contributed by atoms with Crippen LogP contribution in [0.25, 0.3) is 10.9 Å². The summed E-state index contributed by atoms with van der Waals surface area (Å²) in [6.07, 6.45) is -0.562. The molecule has 0 unspecified atom stereocenters. The zero-order valence-corrected chi connectivity index (χ0v) is 17.3. The number of carbonyl (C=O) groups excluding carboxylic acids is 1. The lowest BCUT2D eigenvalue weighted by molar-refractivity contribution is 0.199. The largest absolute Gasteiger partial charge is 0.497 e. The lowest BCUT2D eigenvalue weighted by Crippen LogP contribution is -2.27. The minimum atomic E-state index is -0.562. The molecule has 7 heteroatoms. The van der Waals surface area contributed by atoms with Gasteiger partial charge in [0.15, 0.2) is 5.82 Å². The van der Waals surface area contributed by atoms with Crippen LogP contribution in [-0.4, -0.2) is 30.2 Å². The molecule has 0 spiro atoms. The Morgan fingerprint density at radius 1 is 0.903 bits per heavy atom. The third-order valence-corrected chi connectivity index (χ3v) is 4.75. The van der Waals surface area contributed by atoms with Gasteiger partial charge in [-0.25, -0.2) is 14.8 Å². The van der Waals surface area contributed by atoms with E-state index in [1.165, 1.54) is 0 Å². The van der Waals surface area contributed by atoms with Crippen LogP contribution in [0.15, 0.2) is 78.9 Å². The maximum absolute atomic E-state index is 12.1. The molecule has 0 saturated heterocycles. The number of aromatic nitrogens is 2. The van der Waals surface area contributed by atoms with Crippen LogP contribution in [0.5, 0.6) is 11.5 Å². The second-order valence-corrected chi connectivity index (χ2v) is 6.79. The van der Waals surface area contributed by atoms with Crippen molar-refractivity contribution in [2.45, 2.75) is 6.54 Å². The van der Waals surface area contributed by atoms with Crippen molar-refractivity contribution in [3.8, 4) is 11.5 Å². The van der Waals surface area contributed by atoms with Gasteiger partial charge in [0.2, 0.25) is 0 Å². The smallest absolute Gasteiger partial charge is 0.412 e. The van der Waals surface area contributed by atoms with Gasteiger partial charge in [-0.3, -0.25) is 0 Å². The Balaban J connectivity index is 1.57. The van der Waals surface area contributed by atoms with Gasteiger partial charge in [-0.2, -0.15) is 0 Å². The molecule has 1 aromatic heterocycles. The fourth-order valence-corrected chi connectivity index (χ4v) is 3.15. The Morgan fingerprint density at radius 3 is 2.35 bits per heavy atom. The first-order valence-electron chi connectivity index (χ1n) is 9.78. The molecule has 7 nitrogen and oxygen atoms in total. The molecule has 0 bridgehead atoms. The van der Waals surface area contributed by atoms with Gasteiger partial charge in [-0.15, -0.1) is 0 Å². The second kappa shape index (κ2) is 9.13. The molecule has 4 rings (SSSR count). The van der Waals surface area contributed by atoms with E-state index in [2.05, 4.69) is 10.3 Å². The predicted molar refractivity (Wildman–Crippen MR) is 120 cm³/mol. The van der Waals surface area contributed by atoms with E-state index in [-0.39, 0.29) is 6.54 Å². The zero-order chi connectivity index (χ0) is 21.6. The number of carbonyl (C=O) groups is 1. The molecule has 4 aromatic rings. The Hall–Kier alpha value is -4.13. The molecular weight excluding hydrogens is 392 g/mol. The highest BCUT2D eigenvalue weighted by molar-refractivity contribution is 5.91. The van der Waals surface area contributed by atoms with Gasteiger partial charge in [0.05, 0.1) is 19.2 Å². The van der Waals surface area contributed by atoms with Gasteiger partial charge < -0.3 is 19.7 Å². The zero-order valence-electron chi connectivity index (χ0n) is 17.3. The molecule has 3 aromatic carbocycles. The third kappa shape index (κ3) is 4.72. The number of hydrogen-bond acceptors (Lipinski definition) is 6. The normalized spacial score (nSPS) is 10.5. The fourth-order valence-electron chi connectivity index (χ4n) is 3.15. The lowest BCUT2D eigenvalue weighted by Gasteiger charge is -2.21. The topological polar surface area (TPSA) is 76.6 Å². The van der Waals surface area contributed by atoms with E-state index in [9.17, 15) is 4.79 Å². The Bertz CT molecular complexity index is 1180. The van der Waals surface area contributed by atoms with Gasteiger partial charge in [0, 0.05) is 18.1 Å². The summed E-state index contributed by atoms with van der Waals surface area (Å²) in [4.78, 5) is 23.4. The molecule has 31 heavy (non-hydrogen) atoms. The van der Waals surface area contributed by atoms with Gasteiger partial charge in [0.1, 0.15) is 17.3 Å². The van der Waals surface area contributed by atoms with Crippen LogP contribution in [-0.2, 0) is 6.54 Å². The van der Waals surface area contributed by atoms with Crippen molar-refractivity contribution in [2.24, 2.45) is 0 Å². The van der Waals surface area contributed by atoms with E-state index >= 15 is 0 Å². The van der Waals surface area contributed by atoms with Crippen molar-refractivity contribution < 1.29 is 14.3 Å². The van der Waals surface area contributed by atoms with Crippen molar-refractivity contribution >= 4 is 28.5 Å². The minimum Gasteiger partial charge on any atom is -0.497 e. The quantitative estimate of drug-likeness (QED) is 0.493. The summed E-state index contributed by atoms with van der Waals surface area (Å²) in [5, 5.41) is 3.63. The fraction of sp³-hybridized carbons (Fsp3) is 0.125. The first kappa shape index (κ1) is 20.2. The predicted octanol–water partition coefficient (Wildman–Crippen LogP) is 4.69. The van der Waals surface area contributed by atoms with E-state index in [0.717, 1.165) is 28.2 Å². The summed E-state index contributed by atoms with van der Waals surface area (Å²) in [6.45, 7) is 0.139. The highest BCUT2D eigenvalue weighted by Gasteiger charge is 2.14. The summed E-state index contributed by atoms with van der Waals surface area (Å²) in [5.41, 5.74) is 1.74. The number of nitrogens with one attached hydrogen (secondary N) is 1. The molecule has 0 aliphatic carbocycles. The highest BCUT2D eigenvalue weighted by Crippen LogP contribution is 2.29. The molecule has 1 heterocycles.